The molecule has 2 heterocycles. The highest BCUT2D eigenvalue weighted by Gasteiger charge is 2.18. The van der Waals surface area contributed by atoms with Crippen LogP contribution in [0.4, 0.5) is 0 Å². The van der Waals surface area contributed by atoms with Gasteiger partial charge in [0, 0.05) is 31.4 Å². The average molecular weight is 294 g/mol. The normalized spacial score (nSPS) is 19.6. The van der Waals surface area contributed by atoms with Gasteiger partial charge in [-0.3, -0.25) is 9.78 Å². The quantitative estimate of drug-likeness (QED) is 0.747. The Morgan fingerprint density at radius 2 is 2.45 bits per heavy atom. The molecular formula is C13H18N4O2S. The standard InChI is InChI=1S/C13H18N4O2S/c1-17-4-5-19-10(8-17)7-16-13(18)11-3-2-9(6-15-11)12(14)20/h2-3,6,10H,4-5,7-8H2,1H3,(H2,14,20)(H,16,18). The van der Waals surface area contributed by atoms with Crippen molar-refractivity contribution in [2.75, 3.05) is 33.3 Å². The van der Waals surface area contributed by atoms with Crippen molar-refractivity contribution < 1.29 is 9.53 Å². The first-order chi connectivity index (χ1) is 9.56. The second-order valence-electron chi connectivity index (χ2n) is 4.76. The summed E-state index contributed by atoms with van der Waals surface area (Å²) in [7, 11) is 2.04. The van der Waals surface area contributed by atoms with Crippen molar-refractivity contribution in [3.8, 4) is 0 Å². The fraction of sp³-hybridized carbons (Fsp3) is 0.462. The minimum Gasteiger partial charge on any atom is -0.389 e. The van der Waals surface area contributed by atoms with Crippen molar-refractivity contribution >= 4 is 23.1 Å². The SMILES string of the molecule is CN1CCOC(CNC(=O)c2ccc(C(N)=S)cn2)C1. The van der Waals surface area contributed by atoms with Crippen molar-refractivity contribution in [1.29, 1.82) is 0 Å². The number of pyridine rings is 1. The number of hydrogen-bond donors (Lipinski definition) is 2. The lowest BCUT2D eigenvalue weighted by Crippen LogP contribution is -2.46. The minimum atomic E-state index is -0.226. The molecule has 1 amide bonds. The van der Waals surface area contributed by atoms with Crippen LogP contribution in [0, 0.1) is 0 Å². The molecule has 1 fully saturated rings. The maximum absolute atomic E-state index is 11.9. The molecule has 1 aliphatic rings. The molecule has 3 N–H and O–H groups in total. The lowest BCUT2D eigenvalue weighted by molar-refractivity contribution is -0.0175. The van der Waals surface area contributed by atoms with E-state index >= 15 is 0 Å². The van der Waals surface area contributed by atoms with E-state index < -0.39 is 0 Å². The molecule has 1 aliphatic heterocycles. The molecule has 1 aromatic heterocycles. The van der Waals surface area contributed by atoms with Crippen molar-refractivity contribution in [3.63, 3.8) is 0 Å². The van der Waals surface area contributed by atoms with Gasteiger partial charge in [0.1, 0.15) is 10.7 Å². The molecule has 1 saturated heterocycles. The van der Waals surface area contributed by atoms with Crippen molar-refractivity contribution in [2.45, 2.75) is 6.10 Å². The van der Waals surface area contributed by atoms with Crippen LogP contribution in [0.1, 0.15) is 16.1 Å². The summed E-state index contributed by atoms with van der Waals surface area (Å²) >= 11 is 4.83. The number of nitrogens with zero attached hydrogens (tertiary/aromatic N) is 2. The van der Waals surface area contributed by atoms with Crippen molar-refractivity contribution in [3.05, 3.63) is 29.6 Å². The largest absolute Gasteiger partial charge is 0.389 e. The van der Waals surface area contributed by atoms with Crippen LogP contribution in [-0.2, 0) is 4.74 Å². The van der Waals surface area contributed by atoms with Crippen LogP contribution in [0.5, 0.6) is 0 Å². The number of rotatable bonds is 4. The van der Waals surface area contributed by atoms with Crippen LogP contribution in [-0.4, -0.2) is 60.2 Å². The van der Waals surface area contributed by atoms with Crippen LogP contribution in [0.15, 0.2) is 18.3 Å². The number of aromatic nitrogens is 1. The molecule has 0 radical (unpaired) electrons. The number of carbonyl (C=O) groups is 1. The second-order valence-corrected chi connectivity index (χ2v) is 5.20. The molecule has 108 valence electrons. The molecule has 7 heteroatoms. The summed E-state index contributed by atoms with van der Waals surface area (Å²) in [5, 5.41) is 2.82. The molecule has 20 heavy (non-hydrogen) atoms. The van der Waals surface area contributed by atoms with E-state index in [1.165, 1.54) is 6.20 Å². The Bertz CT molecular complexity index is 492. The van der Waals surface area contributed by atoms with Gasteiger partial charge in [-0.1, -0.05) is 12.2 Å². The number of ether oxygens (including phenoxy) is 1. The van der Waals surface area contributed by atoms with Gasteiger partial charge in [0.2, 0.25) is 0 Å². The summed E-state index contributed by atoms with van der Waals surface area (Å²) in [4.78, 5) is 18.4. The van der Waals surface area contributed by atoms with Crippen LogP contribution in [0.2, 0.25) is 0 Å². The van der Waals surface area contributed by atoms with Crippen LogP contribution < -0.4 is 11.1 Å². The number of likely N-dealkylation sites (N-methyl/N-ethyl adjacent to an activating group) is 1. The number of nitrogens with one attached hydrogen (secondary N) is 1. The zero-order chi connectivity index (χ0) is 14.5. The topological polar surface area (TPSA) is 80.5 Å². The Kier molecular flexibility index (Phi) is 4.99. The fourth-order valence-corrected chi connectivity index (χ4v) is 2.08. The highest BCUT2D eigenvalue weighted by Crippen LogP contribution is 2.03. The first-order valence-corrected chi connectivity index (χ1v) is 6.81. The zero-order valence-corrected chi connectivity index (χ0v) is 12.2. The Morgan fingerprint density at radius 1 is 1.65 bits per heavy atom. The number of hydrogen-bond acceptors (Lipinski definition) is 5. The molecule has 1 aromatic rings. The second kappa shape index (κ2) is 6.74. The highest BCUT2D eigenvalue weighted by atomic mass is 32.1. The summed E-state index contributed by atoms with van der Waals surface area (Å²) in [5.74, 6) is -0.226. The molecule has 0 spiro atoms. The third kappa shape index (κ3) is 3.96. The molecular weight excluding hydrogens is 276 g/mol. The molecule has 1 atom stereocenters. The number of nitrogens with two attached hydrogens (primary N) is 1. The van der Waals surface area contributed by atoms with Crippen LogP contribution >= 0.6 is 12.2 Å². The maximum atomic E-state index is 11.9. The Morgan fingerprint density at radius 3 is 3.05 bits per heavy atom. The molecule has 6 nitrogen and oxygen atoms in total. The van der Waals surface area contributed by atoms with Gasteiger partial charge < -0.3 is 20.7 Å². The summed E-state index contributed by atoms with van der Waals surface area (Å²) in [6, 6.07) is 3.30. The lowest BCUT2D eigenvalue weighted by Gasteiger charge is -2.30. The zero-order valence-electron chi connectivity index (χ0n) is 11.3. The first-order valence-electron chi connectivity index (χ1n) is 6.40. The number of carbonyl (C=O) groups excluding carboxylic acids is 1. The van der Waals surface area contributed by atoms with E-state index in [-0.39, 0.29) is 17.0 Å². The minimum absolute atomic E-state index is 0.0218. The van der Waals surface area contributed by atoms with E-state index in [0.717, 1.165) is 13.1 Å². The maximum Gasteiger partial charge on any atom is 0.269 e. The third-order valence-electron chi connectivity index (χ3n) is 3.11. The third-order valence-corrected chi connectivity index (χ3v) is 3.35. The average Bonchev–Trinajstić information content (AvgIpc) is 2.45. The molecule has 0 saturated carbocycles. The van der Waals surface area contributed by atoms with E-state index in [0.29, 0.717) is 24.4 Å². The van der Waals surface area contributed by atoms with Gasteiger partial charge in [0.05, 0.1) is 12.7 Å². The van der Waals surface area contributed by atoms with E-state index in [1.807, 2.05) is 7.05 Å². The number of amides is 1. The van der Waals surface area contributed by atoms with Gasteiger partial charge in [-0.2, -0.15) is 0 Å². The summed E-state index contributed by atoms with van der Waals surface area (Å²) in [5.41, 5.74) is 6.47. The Labute approximate surface area is 123 Å². The van der Waals surface area contributed by atoms with Crippen molar-refractivity contribution in [2.24, 2.45) is 5.73 Å². The molecule has 0 aromatic carbocycles. The molecule has 2 rings (SSSR count). The molecule has 1 unspecified atom stereocenters. The smallest absolute Gasteiger partial charge is 0.269 e. The highest BCUT2D eigenvalue weighted by molar-refractivity contribution is 7.80. The van der Waals surface area contributed by atoms with Gasteiger partial charge in [-0.15, -0.1) is 0 Å². The number of thiocarbonyl (C=S) groups is 1. The molecule has 0 aliphatic carbocycles. The van der Waals surface area contributed by atoms with E-state index in [4.69, 9.17) is 22.7 Å². The van der Waals surface area contributed by atoms with Gasteiger partial charge in [-0.25, -0.2) is 0 Å². The van der Waals surface area contributed by atoms with E-state index in [2.05, 4.69) is 15.2 Å². The van der Waals surface area contributed by atoms with E-state index in [1.54, 1.807) is 12.1 Å². The Hall–Kier alpha value is -1.57. The summed E-state index contributed by atoms with van der Waals surface area (Å²) in [6.45, 7) is 2.90. The predicted octanol–water partition coefficient (Wildman–Crippen LogP) is -0.224. The summed E-state index contributed by atoms with van der Waals surface area (Å²) < 4.78 is 5.57. The first kappa shape index (κ1) is 14.8. The van der Waals surface area contributed by atoms with Gasteiger partial charge >= 0.3 is 0 Å². The van der Waals surface area contributed by atoms with Gasteiger partial charge in [-0.05, 0) is 19.2 Å². The lowest BCUT2D eigenvalue weighted by atomic mass is 10.2. The van der Waals surface area contributed by atoms with Crippen molar-refractivity contribution in [1.82, 2.24) is 15.2 Å². The monoisotopic (exact) mass is 294 g/mol. The fourth-order valence-electron chi connectivity index (χ4n) is 1.96. The molecule has 0 bridgehead atoms. The summed E-state index contributed by atoms with van der Waals surface area (Å²) in [6.07, 6.45) is 1.52. The van der Waals surface area contributed by atoms with E-state index in [9.17, 15) is 4.79 Å². The Balaban J connectivity index is 1.86. The van der Waals surface area contributed by atoms with Crippen LogP contribution in [0.25, 0.3) is 0 Å². The van der Waals surface area contributed by atoms with Gasteiger partial charge in [0.25, 0.3) is 5.91 Å². The van der Waals surface area contributed by atoms with Crippen LogP contribution in [0.3, 0.4) is 0 Å². The van der Waals surface area contributed by atoms with Gasteiger partial charge in [0.15, 0.2) is 0 Å². The number of morpholine rings is 1. The predicted molar refractivity (Wildman–Crippen MR) is 79.7 cm³/mol.